The summed E-state index contributed by atoms with van der Waals surface area (Å²) in [6.45, 7) is 2.29. The van der Waals surface area contributed by atoms with Crippen molar-refractivity contribution in [2.75, 3.05) is 18.6 Å². The Morgan fingerprint density at radius 1 is 1.33 bits per heavy atom. The SMILES string of the molecule is COC(=O)[C@@H]1CC(C2(C)SCCS2)CC[C@@H]1C=O. The number of esters is 1. The van der Waals surface area contributed by atoms with Crippen LogP contribution < -0.4 is 0 Å². The predicted molar refractivity (Wildman–Crippen MR) is 75.7 cm³/mol. The zero-order valence-corrected chi connectivity index (χ0v) is 12.5. The molecule has 1 saturated heterocycles. The monoisotopic (exact) mass is 288 g/mol. The molecule has 0 amide bonds. The first-order chi connectivity index (χ1) is 8.60. The fourth-order valence-corrected chi connectivity index (χ4v) is 6.23. The van der Waals surface area contributed by atoms with E-state index in [1.165, 1.54) is 18.6 Å². The number of aldehydes is 1. The highest BCUT2D eigenvalue weighted by molar-refractivity contribution is 8.21. The van der Waals surface area contributed by atoms with Crippen molar-refractivity contribution >= 4 is 35.8 Å². The van der Waals surface area contributed by atoms with Gasteiger partial charge in [-0.05, 0) is 32.1 Å². The van der Waals surface area contributed by atoms with Crippen molar-refractivity contribution in [1.29, 1.82) is 0 Å². The summed E-state index contributed by atoms with van der Waals surface area (Å²) in [5.74, 6) is 2.30. The fraction of sp³-hybridized carbons (Fsp3) is 0.846. The summed E-state index contributed by atoms with van der Waals surface area (Å²) in [6.07, 6.45) is 3.61. The Morgan fingerprint density at radius 3 is 2.56 bits per heavy atom. The minimum atomic E-state index is -0.232. The molecule has 1 heterocycles. The zero-order chi connectivity index (χ0) is 13.2. The van der Waals surface area contributed by atoms with Crippen LogP contribution in [0.25, 0.3) is 0 Å². The van der Waals surface area contributed by atoms with Crippen LogP contribution in [-0.2, 0) is 14.3 Å². The number of methoxy groups -OCH3 is 1. The summed E-state index contributed by atoms with van der Waals surface area (Å²) in [6, 6.07) is 0. The van der Waals surface area contributed by atoms with Gasteiger partial charge in [0.05, 0.1) is 17.1 Å². The van der Waals surface area contributed by atoms with E-state index in [1.807, 2.05) is 23.5 Å². The Morgan fingerprint density at radius 2 is 2.00 bits per heavy atom. The molecule has 18 heavy (non-hydrogen) atoms. The molecule has 2 rings (SSSR count). The van der Waals surface area contributed by atoms with Gasteiger partial charge < -0.3 is 9.53 Å². The first-order valence-electron chi connectivity index (χ1n) is 6.41. The number of ether oxygens (including phenoxy) is 1. The molecule has 3 atom stereocenters. The van der Waals surface area contributed by atoms with E-state index >= 15 is 0 Å². The molecule has 0 aromatic rings. The molecule has 0 spiro atoms. The summed E-state index contributed by atoms with van der Waals surface area (Å²) >= 11 is 4.01. The molecule has 3 nitrogen and oxygen atoms in total. The Labute approximate surface area is 117 Å². The Hall–Kier alpha value is -0.160. The molecule has 1 saturated carbocycles. The molecule has 0 N–H and O–H groups in total. The topological polar surface area (TPSA) is 43.4 Å². The molecular weight excluding hydrogens is 268 g/mol. The fourth-order valence-electron chi connectivity index (χ4n) is 3.02. The van der Waals surface area contributed by atoms with Crippen LogP contribution >= 0.6 is 23.5 Å². The third kappa shape index (κ3) is 2.72. The smallest absolute Gasteiger partial charge is 0.309 e. The largest absolute Gasteiger partial charge is 0.469 e. The molecule has 0 aromatic carbocycles. The quantitative estimate of drug-likeness (QED) is 0.590. The summed E-state index contributed by atoms with van der Waals surface area (Å²) in [5.41, 5.74) is 0. The van der Waals surface area contributed by atoms with Crippen molar-refractivity contribution in [3.8, 4) is 0 Å². The van der Waals surface area contributed by atoms with Gasteiger partial charge in [-0.15, -0.1) is 23.5 Å². The molecule has 1 unspecified atom stereocenters. The lowest BCUT2D eigenvalue weighted by atomic mass is 9.73. The van der Waals surface area contributed by atoms with Gasteiger partial charge in [0.25, 0.3) is 0 Å². The lowest BCUT2D eigenvalue weighted by molar-refractivity contribution is -0.150. The van der Waals surface area contributed by atoms with Crippen LogP contribution in [0.5, 0.6) is 0 Å². The average Bonchev–Trinajstić information content (AvgIpc) is 2.85. The van der Waals surface area contributed by atoms with E-state index in [9.17, 15) is 9.59 Å². The molecular formula is C13H20O3S2. The van der Waals surface area contributed by atoms with Crippen LogP contribution in [0, 0.1) is 17.8 Å². The van der Waals surface area contributed by atoms with E-state index in [2.05, 4.69) is 6.92 Å². The normalized spacial score (nSPS) is 35.1. The van der Waals surface area contributed by atoms with Crippen LogP contribution in [0.2, 0.25) is 0 Å². The van der Waals surface area contributed by atoms with Crippen molar-refractivity contribution < 1.29 is 14.3 Å². The maximum Gasteiger partial charge on any atom is 0.309 e. The average molecular weight is 288 g/mol. The maximum absolute atomic E-state index is 11.8. The molecule has 2 fully saturated rings. The minimum absolute atomic E-state index is 0.145. The lowest BCUT2D eigenvalue weighted by Gasteiger charge is -2.39. The first-order valence-corrected chi connectivity index (χ1v) is 8.39. The van der Waals surface area contributed by atoms with E-state index in [0.717, 1.165) is 25.5 Å². The molecule has 0 radical (unpaired) electrons. The van der Waals surface area contributed by atoms with Crippen LogP contribution in [0.1, 0.15) is 26.2 Å². The second kappa shape index (κ2) is 5.87. The van der Waals surface area contributed by atoms with Crippen molar-refractivity contribution in [2.24, 2.45) is 17.8 Å². The van der Waals surface area contributed by atoms with Gasteiger partial charge in [-0.3, -0.25) is 4.79 Å². The Kier molecular flexibility index (Phi) is 4.64. The van der Waals surface area contributed by atoms with E-state index in [-0.39, 0.29) is 21.9 Å². The highest BCUT2D eigenvalue weighted by atomic mass is 32.2. The van der Waals surface area contributed by atoms with Gasteiger partial charge in [0.15, 0.2) is 0 Å². The summed E-state index contributed by atoms with van der Waals surface area (Å²) < 4.78 is 5.08. The van der Waals surface area contributed by atoms with Gasteiger partial charge in [-0.2, -0.15) is 0 Å². The van der Waals surface area contributed by atoms with Gasteiger partial charge in [0.1, 0.15) is 6.29 Å². The number of rotatable bonds is 3. The maximum atomic E-state index is 11.8. The van der Waals surface area contributed by atoms with Crippen LogP contribution in [0.3, 0.4) is 0 Å². The Balaban J connectivity index is 2.08. The van der Waals surface area contributed by atoms with Gasteiger partial charge in [-0.1, -0.05) is 0 Å². The van der Waals surface area contributed by atoms with Crippen molar-refractivity contribution in [3.63, 3.8) is 0 Å². The highest BCUT2D eigenvalue weighted by Crippen LogP contribution is 2.54. The van der Waals surface area contributed by atoms with Crippen molar-refractivity contribution in [2.45, 2.75) is 30.3 Å². The molecule has 102 valence electrons. The van der Waals surface area contributed by atoms with Gasteiger partial charge >= 0.3 is 5.97 Å². The van der Waals surface area contributed by atoms with E-state index < -0.39 is 0 Å². The van der Waals surface area contributed by atoms with Crippen LogP contribution in [0.4, 0.5) is 0 Å². The third-order valence-corrected chi connectivity index (χ3v) is 7.78. The number of thioether (sulfide) groups is 2. The molecule has 0 bridgehead atoms. The van der Waals surface area contributed by atoms with E-state index in [0.29, 0.717) is 5.92 Å². The molecule has 2 aliphatic rings. The molecule has 1 aliphatic heterocycles. The number of carbonyl (C=O) groups is 2. The van der Waals surface area contributed by atoms with Crippen molar-refractivity contribution in [1.82, 2.24) is 0 Å². The molecule has 0 aromatic heterocycles. The third-order valence-electron chi connectivity index (χ3n) is 4.18. The Bertz CT molecular complexity index is 326. The number of hydrogen-bond acceptors (Lipinski definition) is 5. The standard InChI is InChI=1S/C13H20O3S2/c1-13(17-5-6-18-13)10-4-3-9(8-14)11(7-10)12(15)16-2/h8-11H,3-7H2,1-2H3/t9-,10?,11-/m1/s1. The van der Waals surface area contributed by atoms with Gasteiger partial charge in [0, 0.05) is 17.4 Å². The second-order valence-corrected chi connectivity index (χ2v) is 8.50. The van der Waals surface area contributed by atoms with Crippen LogP contribution in [0.15, 0.2) is 0 Å². The molecule has 5 heteroatoms. The highest BCUT2D eigenvalue weighted by Gasteiger charge is 2.45. The zero-order valence-electron chi connectivity index (χ0n) is 10.9. The molecule has 1 aliphatic carbocycles. The first kappa shape index (κ1) is 14.3. The summed E-state index contributed by atoms with van der Waals surface area (Å²) in [4.78, 5) is 22.9. The van der Waals surface area contributed by atoms with E-state index in [1.54, 1.807) is 0 Å². The number of carbonyl (C=O) groups excluding carboxylic acids is 2. The minimum Gasteiger partial charge on any atom is -0.469 e. The summed E-state index contributed by atoms with van der Waals surface area (Å²) in [7, 11) is 1.41. The predicted octanol–water partition coefficient (Wildman–Crippen LogP) is 2.59. The van der Waals surface area contributed by atoms with Crippen LogP contribution in [-0.4, -0.2) is 35.0 Å². The number of hydrogen-bond donors (Lipinski definition) is 0. The van der Waals surface area contributed by atoms with Gasteiger partial charge in [-0.25, -0.2) is 0 Å². The van der Waals surface area contributed by atoms with Gasteiger partial charge in [0.2, 0.25) is 0 Å². The second-order valence-electron chi connectivity index (χ2n) is 5.15. The van der Waals surface area contributed by atoms with E-state index in [4.69, 9.17) is 4.74 Å². The lowest BCUT2D eigenvalue weighted by Crippen LogP contribution is -2.38. The summed E-state index contributed by atoms with van der Waals surface area (Å²) in [5, 5.41) is 0. The van der Waals surface area contributed by atoms with Crippen molar-refractivity contribution in [3.05, 3.63) is 0 Å².